The third-order valence-electron chi connectivity index (χ3n) is 4.46. The van der Waals surface area contributed by atoms with E-state index in [1.165, 1.54) is 5.56 Å². The summed E-state index contributed by atoms with van der Waals surface area (Å²) in [7, 11) is -3.69. The molecule has 2 N–H and O–H groups in total. The van der Waals surface area contributed by atoms with Crippen molar-refractivity contribution >= 4 is 21.5 Å². The first-order valence-electron chi connectivity index (χ1n) is 9.20. The molecule has 146 valence electrons. The zero-order chi connectivity index (χ0) is 20.1. The molecule has 0 aliphatic rings. The maximum atomic E-state index is 12.8. The van der Waals surface area contributed by atoms with E-state index in [2.05, 4.69) is 27.2 Å². The summed E-state index contributed by atoms with van der Waals surface area (Å²) in [6.45, 7) is 6.34. The Kier molecular flexibility index (Phi) is 5.99. The van der Waals surface area contributed by atoms with Crippen molar-refractivity contribution in [3.8, 4) is 0 Å². The molecular formula is C22H25N3O2S. The molecule has 1 aromatic heterocycles. The predicted octanol–water partition coefficient (Wildman–Crippen LogP) is 4.46. The van der Waals surface area contributed by atoms with Gasteiger partial charge >= 0.3 is 0 Å². The van der Waals surface area contributed by atoms with Crippen molar-refractivity contribution in [2.24, 2.45) is 0 Å². The first kappa shape index (κ1) is 19.9. The average molecular weight is 396 g/mol. The lowest BCUT2D eigenvalue weighted by atomic mass is 10.1. The minimum Gasteiger partial charge on any atom is -0.383 e. The predicted molar refractivity (Wildman–Crippen MR) is 114 cm³/mol. The summed E-state index contributed by atoms with van der Waals surface area (Å²) in [5.41, 5.74) is 4.60. The van der Waals surface area contributed by atoms with Crippen LogP contribution in [0.25, 0.3) is 0 Å². The van der Waals surface area contributed by atoms with Crippen molar-refractivity contribution in [1.82, 2.24) is 4.98 Å². The molecule has 0 aliphatic heterocycles. The van der Waals surface area contributed by atoms with Crippen LogP contribution in [0.15, 0.2) is 65.7 Å². The number of hydrogen-bond donors (Lipinski definition) is 2. The summed E-state index contributed by atoms with van der Waals surface area (Å²) in [6, 6.07) is 17.5. The van der Waals surface area contributed by atoms with Crippen molar-refractivity contribution < 1.29 is 8.42 Å². The number of benzene rings is 2. The van der Waals surface area contributed by atoms with Gasteiger partial charge in [0.2, 0.25) is 0 Å². The molecule has 6 heteroatoms. The van der Waals surface area contributed by atoms with E-state index in [-0.39, 0.29) is 0 Å². The molecule has 0 atom stereocenters. The van der Waals surface area contributed by atoms with Crippen LogP contribution in [0.1, 0.15) is 22.3 Å². The van der Waals surface area contributed by atoms with Crippen LogP contribution < -0.4 is 10.0 Å². The SMILES string of the molecule is Cc1cc(C)c(S(=O)(=O)Nc2ccc(NCCc3ccccc3)cn2)c(C)c1. The third kappa shape index (κ3) is 4.89. The van der Waals surface area contributed by atoms with Gasteiger partial charge in [0.1, 0.15) is 5.82 Å². The van der Waals surface area contributed by atoms with Gasteiger partial charge in [-0.1, -0.05) is 48.0 Å². The van der Waals surface area contributed by atoms with Crippen molar-refractivity contribution in [2.45, 2.75) is 32.1 Å². The lowest BCUT2D eigenvalue weighted by Crippen LogP contribution is -2.16. The average Bonchev–Trinajstić information content (AvgIpc) is 2.62. The number of nitrogens with one attached hydrogen (secondary N) is 2. The topological polar surface area (TPSA) is 71.1 Å². The Morgan fingerprint density at radius 1 is 0.929 bits per heavy atom. The number of pyridine rings is 1. The maximum absolute atomic E-state index is 12.8. The molecule has 0 spiro atoms. The van der Waals surface area contributed by atoms with E-state index >= 15 is 0 Å². The molecule has 3 aromatic rings. The largest absolute Gasteiger partial charge is 0.383 e. The fourth-order valence-electron chi connectivity index (χ4n) is 3.33. The highest BCUT2D eigenvalue weighted by molar-refractivity contribution is 7.92. The molecule has 28 heavy (non-hydrogen) atoms. The Morgan fingerprint density at radius 2 is 1.61 bits per heavy atom. The molecule has 0 saturated heterocycles. The number of anilines is 2. The highest BCUT2D eigenvalue weighted by Crippen LogP contribution is 2.24. The standard InChI is InChI=1S/C22H25N3O2S/c1-16-13-17(2)22(18(3)14-16)28(26,27)25-21-10-9-20(15-24-21)23-12-11-19-7-5-4-6-8-19/h4-10,13-15,23H,11-12H2,1-3H3,(H,24,25). The van der Waals surface area contributed by atoms with E-state index < -0.39 is 10.0 Å². The van der Waals surface area contributed by atoms with Gasteiger partial charge in [0.05, 0.1) is 16.8 Å². The van der Waals surface area contributed by atoms with Gasteiger partial charge in [-0.25, -0.2) is 13.4 Å². The molecule has 0 amide bonds. The number of aryl methyl sites for hydroxylation is 3. The highest BCUT2D eigenvalue weighted by Gasteiger charge is 2.20. The molecule has 0 radical (unpaired) electrons. The van der Waals surface area contributed by atoms with Crippen molar-refractivity contribution in [2.75, 3.05) is 16.6 Å². The van der Waals surface area contributed by atoms with Gasteiger partial charge in [0, 0.05) is 6.54 Å². The zero-order valence-electron chi connectivity index (χ0n) is 16.4. The maximum Gasteiger partial charge on any atom is 0.263 e. The Bertz CT molecular complexity index is 1020. The van der Waals surface area contributed by atoms with E-state index in [0.717, 1.165) is 35.3 Å². The van der Waals surface area contributed by atoms with Gasteiger partial charge in [-0.15, -0.1) is 0 Å². The number of nitrogens with zero attached hydrogens (tertiary/aromatic N) is 1. The Balaban J connectivity index is 1.65. The van der Waals surface area contributed by atoms with Crippen LogP contribution in [0.5, 0.6) is 0 Å². The number of aromatic nitrogens is 1. The Hall–Kier alpha value is -2.86. The molecule has 0 fully saturated rings. The minimum absolute atomic E-state index is 0.299. The highest BCUT2D eigenvalue weighted by atomic mass is 32.2. The zero-order valence-corrected chi connectivity index (χ0v) is 17.2. The number of hydrogen-bond acceptors (Lipinski definition) is 4. The summed E-state index contributed by atoms with van der Waals surface area (Å²) >= 11 is 0. The fraction of sp³-hybridized carbons (Fsp3) is 0.227. The first-order valence-corrected chi connectivity index (χ1v) is 10.7. The Morgan fingerprint density at radius 3 is 2.21 bits per heavy atom. The van der Waals surface area contributed by atoms with Crippen LogP contribution in [-0.4, -0.2) is 19.9 Å². The van der Waals surface area contributed by atoms with Crippen LogP contribution in [0.4, 0.5) is 11.5 Å². The summed E-state index contributed by atoms with van der Waals surface area (Å²) in [5.74, 6) is 0.299. The van der Waals surface area contributed by atoms with E-state index in [4.69, 9.17) is 0 Å². The first-order chi connectivity index (χ1) is 13.3. The second-order valence-corrected chi connectivity index (χ2v) is 8.55. The fourth-order valence-corrected chi connectivity index (χ4v) is 4.80. The van der Waals surface area contributed by atoms with E-state index in [1.807, 2.05) is 57.2 Å². The molecule has 1 heterocycles. The number of rotatable bonds is 7. The molecule has 3 rings (SSSR count). The van der Waals surface area contributed by atoms with Crippen LogP contribution >= 0.6 is 0 Å². The summed E-state index contributed by atoms with van der Waals surface area (Å²) in [4.78, 5) is 4.55. The van der Waals surface area contributed by atoms with Gasteiger partial charge in [-0.2, -0.15) is 0 Å². The Labute approximate surface area is 166 Å². The second kappa shape index (κ2) is 8.44. The summed E-state index contributed by atoms with van der Waals surface area (Å²) < 4.78 is 28.2. The van der Waals surface area contributed by atoms with E-state index in [9.17, 15) is 8.42 Å². The summed E-state index contributed by atoms with van der Waals surface area (Å²) in [5, 5.41) is 3.30. The monoisotopic (exact) mass is 395 g/mol. The molecule has 0 aliphatic carbocycles. The smallest absolute Gasteiger partial charge is 0.263 e. The van der Waals surface area contributed by atoms with Crippen molar-refractivity contribution in [3.63, 3.8) is 0 Å². The molecule has 2 aromatic carbocycles. The van der Waals surface area contributed by atoms with Crippen LogP contribution in [-0.2, 0) is 16.4 Å². The summed E-state index contributed by atoms with van der Waals surface area (Å²) in [6.07, 6.45) is 2.54. The van der Waals surface area contributed by atoms with Gasteiger partial charge in [-0.3, -0.25) is 4.72 Å². The van der Waals surface area contributed by atoms with Crippen molar-refractivity contribution in [1.29, 1.82) is 0 Å². The van der Waals surface area contributed by atoms with E-state index in [1.54, 1.807) is 12.3 Å². The van der Waals surface area contributed by atoms with Crippen molar-refractivity contribution in [3.05, 3.63) is 83.0 Å². The lowest BCUT2D eigenvalue weighted by Gasteiger charge is -2.14. The molecule has 0 saturated carbocycles. The van der Waals surface area contributed by atoms with Gasteiger partial charge in [-0.05, 0) is 56.0 Å². The van der Waals surface area contributed by atoms with Gasteiger partial charge in [0.15, 0.2) is 0 Å². The van der Waals surface area contributed by atoms with Crippen LogP contribution in [0, 0.1) is 20.8 Å². The normalized spacial score (nSPS) is 11.2. The minimum atomic E-state index is -3.69. The second-order valence-electron chi connectivity index (χ2n) is 6.93. The van der Waals surface area contributed by atoms with Gasteiger partial charge in [0.25, 0.3) is 10.0 Å². The lowest BCUT2D eigenvalue weighted by molar-refractivity contribution is 0.600. The molecule has 5 nitrogen and oxygen atoms in total. The molecule has 0 bridgehead atoms. The van der Waals surface area contributed by atoms with Gasteiger partial charge < -0.3 is 5.32 Å². The quantitative estimate of drug-likeness (QED) is 0.619. The third-order valence-corrected chi connectivity index (χ3v) is 6.12. The molecular weight excluding hydrogens is 370 g/mol. The van der Waals surface area contributed by atoms with Crippen LogP contribution in [0.3, 0.4) is 0 Å². The number of sulfonamides is 1. The molecule has 0 unspecified atom stereocenters. The van der Waals surface area contributed by atoms with E-state index in [0.29, 0.717) is 10.7 Å². The van der Waals surface area contributed by atoms with Crippen LogP contribution in [0.2, 0.25) is 0 Å².